The molecule has 0 fully saturated rings. The number of furan rings is 2. The summed E-state index contributed by atoms with van der Waals surface area (Å²) in [5, 5.41) is 11.6. The van der Waals surface area contributed by atoms with Crippen LogP contribution in [0.5, 0.6) is 0 Å². The van der Waals surface area contributed by atoms with Crippen LogP contribution in [0.15, 0.2) is 106 Å². The summed E-state index contributed by atoms with van der Waals surface area (Å²) in [4.78, 5) is 0. The molecule has 0 bridgehead atoms. The molecular formula is C32H18O2. The van der Waals surface area contributed by atoms with E-state index in [0.29, 0.717) is 0 Å². The van der Waals surface area contributed by atoms with Gasteiger partial charge in [0.25, 0.3) is 0 Å². The molecule has 0 unspecified atom stereocenters. The van der Waals surface area contributed by atoms with E-state index in [0.717, 1.165) is 54.6 Å². The molecule has 2 nitrogen and oxygen atoms in total. The van der Waals surface area contributed by atoms with Crippen LogP contribution in [-0.4, -0.2) is 0 Å². The van der Waals surface area contributed by atoms with Crippen molar-refractivity contribution in [2.24, 2.45) is 0 Å². The molecule has 0 amide bonds. The quantitative estimate of drug-likeness (QED) is 0.191. The molecule has 2 aromatic heterocycles. The minimum Gasteiger partial charge on any atom is -0.464 e. The highest BCUT2D eigenvalue weighted by atomic mass is 16.3. The Hall–Kier alpha value is -4.56. The second-order valence-corrected chi connectivity index (χ2v) is 8.98. The smallest absolute Gasteiger partial charge is 0.136 e. The molecule has 2 heteroatoms. The molecule has 8 aromatic rings. The van der Waals surface area contributed by atoms with E-state index in [1.807, 2.05) is 30.5 Å². The number of hydrogen-bond acceptors (Lipinski definition) is 2. The van der Waals surface area contributed by atoms with Crippen LogP contribution in [0.25, 0.3) is 82.9 Å². The Bertz CT molecular complexity index is 2140. The molecule has 8 rings (SSSR count). The van der Waals surface area contributed by atoms with E-state index in [1.54, 1.807) is 0 Å². The topological polar surface area (TPSA) is 26.3 Å². The summed E-state index contributed by atoms with van der Waals surface area (Å²) in [6.45, 7) is 4.62. The number of fused-ring (bicyclic) bond motifs is 7. The van der Waals surface area contributed by atoms with Crippen molar-refractivity contribution in [1.29, 1.82) is 0 Å². The Morgan fingerprint density at radius 3 is 2.03 bits per heavy atom. The first-order valence-electron chi connectivity index (χ1n) is 11.5. The summed E-state index contributed by atoms with van der Waals surface area (Å²) in [7, 11) is 0. The van der Waals surface area contributed by atoms with Gasteiger partial charge in [0.15, 0.2) is 0 Å². The average molecular weight is 434 g/mol. The van der Waals surface area contributed by atoms with Crippen LogP contribution in [0.1, 0.15) is 0 Å². The van der Waals surface area contributed by atoms with Gasteiger partial charge in [0.05, 0.1) is 6.26 Å². The second kappa shape index (κ2) is 6.27. The highest BCUT2D eigenvalue weighted by Gasteiger charge is 2.18. The largest absolute Gasteiger partial charge is 0.464 e. The van der Waals surface area contributed by atoms with Crippen LogP contribution in [0, 0.1) is 0 Å². The minimum atomic E-state index is 0.892. The van der Waals surface area contributed by atoms with E-state index < -0.39 is 0 Å². The monoisotopic (exact) mass is 434 g/mol. The Balaban J connectivity index is 1.62. The van der Waals surface area contributed by atoms with Gasteiger partial charge in [0, 0.05) is 21.7 Å². The first-order chi connectivity index (χ1) is 16.8. The fourth-order valence-corrected chi connectivity index (χ4v) is 5.81. The van der Waals surface area contributed by atoms with Gasteiger partial charge < -0.3 is 8.83 Å². The van der Waals surface area contributed by atoms with Gasteiger partial charge in [0.2, 0.25) is 0 Å². The third-order valence-corrected chi connectivity index (χ3v) is 7.25. The van der Waals surface area contributed by atoms with Crippen LogP contribution in [-0.2, 0) is 0 Å². The van der Waals surface area contributed by atoms with Crippen molar-refractivity contribution >= 4 is 71.8 Å². The molecule has 0 aliphatic rings. The zero-order chi connectivity index (χ0) is 22.4. The Kier molecular flexibility index (Phi) is 3.31. The lowest BCUT2D eigenvalue weighted by atomic mass is 9.88. The molecule has 0 aliphatic carbocycles. The van der Waals surface area contributed by atoms with E-state index in [2.05, 4.69) is 73.3 Å². The van der Waals surface area contributed by atoms with Gasteiger partial charge >= 0.3 is 0 Å². The minimum absolute atomic E-state index is 0.892. The summed E-state index contributed by atoms with van der Waals surface area (Å²) < 4.78 is 12.2. The highest BCUT2D eigenvalue weighted by molar-refractivity contribution is 6.31. The second-order valence-electron chi connectivity index (χ2n) is 8.98. The maximum absolute atomic E-state index is 6.31. The molecule has 0 atom stereocenters. The standard InChI is InChI=1S/C32H18O2/c1-18-25-16-29-32(23-9-3-5-15-28(23)34-29)24-13-7-11-21(31(24)25)20-10-6-12-22(30(18)20)26-17-33-27-14-4-2-8-19(26)27/h2-17H,1H2. The fraction of sp³-hybridized carbons (Fsp3) is 0. The summed E-state index contributed by atoms with van der Waals surface area (Å²) >= 11 is 0. The van der Waals surface area contributed by atoms with Gasteiger partial charge in [-0.05, 0) is 61.3 Å². The lowest BCUT2D eigenvalue weighted by molar-refractivity contribution is 0.617. The van der Waals surface area contributed by atoms with Gasteiger partial charge in [-0.2, -0.15) is 0 Å². The molecule has 158 valence electrons. The molecule has 0 N–H and O–H groups in total. The molecule has 0 saturated carbocycles. The van der Waals surface area contributed by atoms with Crippen molar-refractivity contribution < 1.29 is 8.83 Å². The molecule has 0 radical (unpaired) electrons. The summed E-state index contributed by atoms with van der Waals surface area (Å²) in [6, 6.07) is 31.7. The van der Waals surface area contributed by atoms with Gasteiger partial charge in [0.1, 0.15) is 16.7 Å². The van der Waals surface area contributed by atoms with Crippen LogP contribution >= 0.6 is 0 Å². The van der Waals surface area contributed by atoms with Crippen molar-refractivity contribution in [2.75, 3.05) is 0 Å². The van der Waals surface area contributed by atoms with E-state index in [4.69, 9.17) is 8.83 Å². The predicted octanol–water partition coefficient (Wildman–Crippen LogP) is 8.59. The van der Waals surface area contributed by atoms with Crippen molar-refractivity contribution in [3.05, 3.63) is 102 Å². The number of rotatable bonds is 1. The first kappa shape index (κ1) is 17.9. The molecule has 0 spiro atoms. The van der Waals surface area contributed by atoms with Gasteiger partial charge in [-0.25, -0.2) is 0 Å². The van der Waals surface area contributed by atoms with Gasteiger partial charge in [-0.15, -0.1) is 0 Å². The summed E-state index contributed by atoms with van der Waals surface area (Å²) in [6.07, 6.45) is 1.87. The maximum atomic E-state index is 6.31. The van der Waals surface area contributed by atoms with E-state index in [9.17, 15) is 0 Å². The lowest BCUT2D eigenvalue weighted by Crippen LogP contribution is -2.04. The van der Waals surface area contributed by atoms with Crippen molar-refractivity contribution in [3.63, 3.8) is 0 Å². The zero-order valence-corrected chi connectivity index (χ0v) is 18.3. The Morgan fingerprint density at radius 2 is 1.15 bits per heavy atom. The molecule has 0 aliphatic heterocycles. The first-order valence-corrected chi connectivity index (χ1v) is 11.5. The van der Waals surface area contributed by atoms with Gasteiger partial charge in [-0.1, -0.05) is 79.4 Å². The van der Waals surface area contributed by atoms with Crippen LogP contribution in [0.3, 0.4) is 0 Å². The molecule has 0 saturated heterocycles. The predicted molar refractivity (Wildman–Crippen MR) is 142 cm³/mol. The molecule has 2 heterocycles. The Morgan fingerprint density at radius 1 is 0.471 bits per heavy atom. The fourth-order valence-electron chi connectivity index (χ4n) is 5.81. The lowest BCUT2D eigenvalue weighted by Gasteiger charge is -2.14. The maximum Gasteiger partial charge on any atom is 0.136 e. The summed E-state index contributed by atoms with van der Waals surface area (Å²) in [5.41, 5.74) is 4.93. The third-order valence-electron chi connectivity index (χ3n) is 7.25. The number of benzene rings is 6. The Labute approximate surface area is 194 Å². The van der Waals surface area contributed by atoms with Crippen molar-refractivity contribution in [3.8, 4) is 11.1 Å². The third kappa shape index (κ3) is 2.15. The van der Waals surface area contributed by atoms with Crippen LogP contribution in [0.2, 0.25) is 0 Å². The van der Waals surface area contributed by atoms with E-state index >= 15 is 0 Å². The average Bonchev–Trinajstić information content (AvgIpc) is 3.48. The highest BCUT2D eigenvalue weighted by Crippen LogP contribution is 2.42. The molecular weight excluding hydrogens is 416 g/mol. The van der Waals surface area contributed by atoms with E-state index in [-0.39, 0.29) is 0 Å². The van der Waals surface area contributed by atoms with Gasteiger partial charge in [-0.3, -0.25) is 0 Å². The molecule has 6 aromatic carbocycles. The SMILES string of the molecule is C=c1c2cc3oc4ccccc4c3c3cccc(c4cccc(-c5coc6ccccc56)c14)c23. The van der Waals surface area contributed by atoms with Crippen molar-refractivity contribution in [2.45, 2.75) is 0 Å². The number of hydrogen-bond donors (Lipinski definition) is 0. The van der Waals surface area contributed by atoms with E-state index in [1.165, 1.54) is 26.9 Å². The number of para-hydroxylation sites is 2. The van der Waals surface area contributed by atoms with Crippen LogP contribution in [0.4, 0.5) is 0 Å². The summed E-state index contributed by atoms with van der Waals surface area (Å²) in [5.74, 6) is 0. The van der Waals surface area contributed by atoms with Crippen molar-refractivity contribution in [1.82, 2.24) is 0 Å². The normalized spacial score (nSPS) is 12.2. The van der Waals surface area contributed by atoms with Crippen LogP contribution < -0.4 is 5.22 Å². The molecule has 34 heavy (non-hydrogen) atoms. The zero-order valence-electron chi connectivity index (χ0n) is 18.3.